The van der Waals surface area contributed by atoms with Crippen LogP contribution in [0, 0.1) is 11.8 Å². The number of nitrogens with two attached hydrogens (primary N) is 1. The molecule has 2 atom stereocenters. The van der Waals surface area contributed by atoms with Gasteiger partial charge in [0.2, 0.25) is 5.91 Å². The largest absolute Gasteiger partial charge is 0.369 e. The number of carbonyl (C=O) groups is 1. The maximum atomic E-state index is 11.1. The molecule has 2 unspecified atom stereocenters. The molecule has 2 fully saturated rings. The minimum absolute atomic E-state index is 0.0349. The van der Waals surface area contributed by atoms with Gasteiger partial charge in [-0.3, -0.25) is 4.79 Å². The highest BCUT2D eigenvalue weighted by Crippen LogP contribution is 2.24. The van der Waals surface area contributed by atoms with E-state index in [-0.39, 0.29) is 11.8 Å². The highest BCUT2D eigenvalue weighted by atomic mass is 32.1. The van der Waals surface area contributed by atoms with Crippen molar-refractivity contribution in [2.45, 2.75) is 51.5 Å². The van der Waals surface area contributed by atoms with Crippen molar-refractivity contribution in [3.63, 3.8) is 0 Å². The Balaban J connectivity index is 1.79. The Morgan fingerprint density at radius 3 is 2.42 bits per heavy atom. The van der Waals surface area contributed by atoms with E-state index >= 15 is 0 Å². The molecule has 1 aliphatic heterocycles. The van der Waals surface area contributed by atoms with Crippen molar-refractivity contribution in [1.29, 1.82) is 0 Å². The van der Waals surface area contributed by atoms with Gasteiger partial charge in [0.25, 0.3) is 0 Å². The molecule has 108 valence electrons. The number of thiocarbonyl (C=S) groups is 1. The fourth-order valence-corrected chi connectivity index (χ4v) is 3.48. The summed E-state index contributed by atoms with van der Waals surface area (Å²) in [6.07, 6.45) is 6.82. The van der Waals surface area contributed by atoms with Crippen LogP contribution in [0.4, 0.5) is 0 Å². The van der Waals surface area contributed by atoms with Crippen molar-refractivity contribution in [3.05, 3.63) is 0 Å². The topological polar surface area (TPSA) is 58.4 Å². The molecule has 1 saturated carbocycles. The second kappa shape index (κ2) is 6.55. The summed E-state index contributed by atoms with van der Waals surface area (Å²) in [4.78, 5) is 13.3. The molecule has 0 aromatic carbocycles. The third-order valence-electron chi connectivity index (χ3n) is 4.60. The van der Waals surface area contributed by atoms with E-state index in [9.17, 15) is 4.79 Å². The Labute approximate surface area is 121 Å². The molecule has 2 aliphatic rings. The predicted octanol–water partition coefficient (Wildman–Crippen LogP) is 1.64. The first-order chi connectivity index (χ1) is 9.08. The van der Waals surface area contributed by atoms with Crippen LogP contribution in [0.25, 0.3) is 0 Å². The first-order valence-electron chi connectivity index (χ1n) is 7.42. The molecule has 19 heavy (non-hydrogen) atoms. The van der Waals surface area contributed by atoms with E-state index in [4.69, 9.17) is 18.0 Å². The summed E-state index contributed by atoms with van der Waals surface area (Å²) < 4.78 is 0. The first kappa shape index (κ1) is 14.6. The average molecular weight is 283 g/mol. The fourth-order valence-electron chi connectivity index (χ4n) is 3.15. The number of nitrogens with one attached hydrogen (secondary N) is 1. The molecule has 0 radical (unpaired) electrons. The molecular formula is C14H25N3OS. The van der Waals surface area contributed by atoms with Gasteiger partial charge in [-0.25, -0.2) is 0 Å². The molecule has 1 heterocycles. The third-order valence-corrected chi connectivity index (χ3v) is 4.98. The number of hydrogen-bond acceptors (Lipinski definition) is 2. The summed E-state index contributed by atoms with van der Waals surface area (Å²) in [5.74, 6) is 0.571. The van der Waals surface area contributed by atoms with E-state index in [1.807, 2.05) is 0 Å². The number of nitrogens with zero attached hydrogens (tertiary/aromatic N) is 1. The van der Waals surface area contributed by atoms with Crippen molar-refractivity contribution in [2.75, 3.05) is 13.1 Å². The molecular weight excluding hydrogens is 258 g/mol. The first-order valence-corrected chi connectivity index (χ1v) is 7.83. The minimum Gasteiger partial charge on any atom is -0.369 e. The summed E-state index contributed by atoms with van der Waals surface area (Å²) in [5.41, 5.74) is 5.35. The molecule has 0 aromatic heterocycles. The normalized spacial score (nSPS) is 29.0. The number of rotatable bonds is 2. The standard InChI is InChI=1S/C14H25N3OS/c1-10-4-2-3-5-12(10)16-14(19)17-8-6-11(7-9-17)13(15)18/h10-12H,2-9H2,1H3,(H2,15,18)(H,16,19). The zero-order chi connectivity index (χ0) is 13.8. The van der Waals surface area contributed by atoms with Gasteiger partial charge in [0.05, 0.1) is 0 Å². The number of carbonyl (C=O) groups excluding carboxylic acids is 1. The summed E-state index contributed by atoms with van der Waals surface area (Å²) >= 11 is 5.51. The van der Waals surface area contributed by atoms with Gasteiger partial charge in [0, 0.05) is 25.0 Å². The fraction of sp³-hybridized carbons (Fsp3) is 0.857. The number of likely N-dealkylation sites (tertiary alicyclic amines) is 1. The average Bonchev–Trinajstić information content (AvgIpc) is 2.41. The monoisotopic (exact) mass is 283 g/mol. The molecule has 0 spiro atoms. The van der Waals surface area contributed by atoms with E-state index in [0.29, 0.717) is 12.0 Å². The summed E-state index contributed by atoms with van der Waals surface area (Å²) in [6.45, 7) is 4.00. The van der Waals surface area contributed by atoms with Gasteiger partial charge in [-0.05, 0) is 43.8 Å². The Bertz CT molecular complexity index is 340. The minimum atomic E-state index is -0.167. The van der Waals surface area contributed by atoms with E-state index in [1.165, 1.54) is 25.7 Å². The Hall–Kier alpha value is -0.840. The molecule has 5 heteroatoms. The van der Waals surface area contributed by atoms with Crippen LogP contribution in [0.3, 0.4) is 0 Å². The second-order valence-corrected chi connectivity index (χ2v) is 6.37. The van der Waals surface area contributed by atoms with Crippen LogP contribution in [-0.4, -0.2) is 35.1 Å². The van der Waals surface area contributed by atoms with Gasteiger partial charge in [-0.15, -0.1) is 0 Å². The van der Waals surface area contributed by atoms with Crippen molar-refractivity contribution >= 4 is 23.2 Å². The van der Waals surface area contributed by atoms with Crippen LogP contribution in [0.1, 0.15) is 45.4 Å². The van der Waals surface area contributed by atoms with Gasteiger partial charge in [0.1, 0.15) is 0 Å². The van der Waals surface area contributed by atoms with E-state index in [0.717, 1.165) is 31.0 Å². The van der Waals surface area contributed by atoms with Gasteiger partial charge >= 0.3 is 0 Å². The lowest BCUT2D eigenvalue weighted by atomic mass is 9.86. The Kier molecular flexibility index (Phi) is 5.02. The number of hydrogen-bond donors (Lipinski definition) is 2. The number of amides is 1. The van der Waals surface area contributed by atoms with Crippen LogP contribution in [0.2, 0.25) is 0 Å². The molecule has 1 saturated heterocycles. The molecule has 2 rings (SSSR count). The third kappa shape index (κ3) is 3.81. The van der Waals surface area contributed by atoms with Crippen molar-refractivity contribution in [2.24, 2.45) is 17.6 Å². The zero-order valence-corrected chi connectivity index (χ0v) is 12.5. The highest BCUT2D eigenvalue weighted by molar-refractivity contribution is 7.80. The van der Waals surface area contributed by atoms with Crippen LogP contribution in [0.15, 0.2) is 0 Å². The van der Waals surface area contributed by atoms with Crippen LogP contribution in [0.5, 0.6) is 0 Å². The maximum Gasteiger partial charge on any atom is 0.220 e. The lowest BCUT2D eigenvalue weighted by Gasteiger charge is -2.37. The molecule has 0 bridgehead atoms. The molecule has 0 aromatic rings. The maximum absolute atomic E-state index is 11.1. The smallest absolute Gasteiger partial charge is 0.220 e. The lowest BCUT2D eigenvalue weighted by Crippen LogP contribution is -2.50. The van der Waals surface area contributed by atoms with Gasteiger partial charge in [0.15, 0.2) is 5.11 Å². The molecule has 3 N–H and O–H groups in total. The molecule has 1 aliphatic carbocycles. The van der Waals surface area contributed by atoms with Gasteiger partial charge in [-0.2, -0.15) is 0 Å². The van der Waals surface area contributed by atoms with E-state index < -0.39 is 0 Å². The highest BCUT2D eigenvalue weighted by Gasteiger charge is 2.27. The molecule has 1 amide bonds. The van der Waals surface area contributed by atoms with Gasteiger partial charge < -0.3 is 16.0 Å². The quantitative estimate of drug-likeness (QED) is 0.756. The SMILES string of the molecule is CC1CCCCC1NC(=S)N1CCC(C(N)=O)CC1. The predicted molar refractivity (Wildman–Crippen MR) is 80.6 cm³/mol. The zero-order valence-electron chi connectivity index (χ0n) is 11.7. The molecule has 4 nitrogen and oxygen atoms in total. The van der Waals surface area contributed by atoms with Crippen LogP contribution < -0.4 is 11.1 Å². The van der Waals surface area contributed by atoms with E-state index in [1.54, 1.807) is 0 Å². The van der Waals surface area contributed by atoms with Crippen LogP contribution in [-0.2, 0) is 4.79 Å². The summed E-state index contributed by atoms with van der Waals surface area (Å²) in [5, 5.41) is 4.39. The lowest BCUT2D eigenvalue weighted by molar-refractivity contribution is -0.122. The number of piperidine rings is 1. The number of primary amides is 1. The summed E-state index contributed by atoms with van der Waals surface area (Å²) in [7, 11) is 0. The second-order valence-electron chi connectivity index (χ2n) is 5.98. The van der Waals surface area contributed by atoms with Crippen LogP contribution >= 0.6 is 12.2 Å². The van der Waals surface area contributed by atoms with Crippen molar-refractivity contribution in [3.8, 4) is 0 Å². The van der Waals surface area contributed by atoms with E-state index in [2.05, 4.69) is 17.1 Å². The Morgan fingerprint density at radius 2 is 1.84 bits per heavy atom. The van der Waals surface area contributed by atoms with Crippen molar-refractivity contribution in [1.82, 2.24) is 10.2 Å². The van der Waals surface area contributed by atoms with Gasteiger partial charge in [-0.1, -0.05) is 19.8 Å². The summed E-state index contributed by atoms with van der Waals surface area (Å²) in [6, 6.07) is 0.523. The Morgan fingerprint density at radius 1 is 1.21 bits per heavy atom. The van der Waals surface area contributed by atoms with Crippen molar-refractivity contribution < 1.29 is 4.79 Å².